The van der Waals surface area contributed by atoms with Gasteiger partial charge in [0.2, 0.25) is 5.91 Å². The van der Waals surface area contributed by atoms with Gasteiger partial charge in [0.1, 0.15) is 11.6 Å². The van der Waals surface area contributed by atoms with Crippen LogP contribution in [0.5, 0.6) is 0 Å². The van der Waals surface area contributed by atoms with Crippen LogP contribution in [0.15, 0.2) is 79.0 Å². The molecule has 1 amide bonds. The molecule has 2 aromatic carbocycles. The Morgan fingerprint density at radius 2 is 1.94 bits per heavy atom. The number of imidazole rings is 1. The SMILES string of the molecule is C=C1CC(=O)N(c2ccc(-c3cnc4ccc(N(CC)Cc5cccc(F)c5)nn34)cc2)C1. The molecule has 1 fully saturated rings. The molecule has 3 heterocycles. The van der Waals surface area contributed by atoms with Crippen LogP contribution in [0, 0.1) is 5.82 Å². The van der Waals surface area contributed by atoms with Crippen LogP contribution < -0.4 is 9.80 Å². The molecule has 0 unspecified atom stereocenters. The summed E-state index contributed by atoms with van der Waals surface area (Å²) < 4.78 is 15.4. The molecule has 7 heteroatoms. The fraction of sp³-hybridized carbons (Fsp3) is 0.192. The number of benzene rings is 2. The minimum atomic E-state index is -0.243. The topological polar surface area (TPSA) is 53.7 Å². The predicted octanol–water partition coefficient (Wildman–Crippen LogP) is 4.85. The van der Waals surface area contributed by atoms with E-state index in [1.54, 1.807) is 23.2 Å². The van der Waals surface area contributed by atoms with E-state index in [0.29, 0.717) is 19.5 Å². The average Bonchev–Trinajstić information content (AvgIpc) is 3.39. The number of amides is 1. The Morgan fingerprint density at radius 1 is 1.12 bits per heavy atom. The lowest BCUT2D eigenvalue weighted by atomic mass is 10.1. The first kappa shape index (κ1) is 20.9. The number of rotatable bonds is 6. The fourth-order valence-electron chi connectivity index (χ4n) is 4.16. The molecule has 0 saturated carbocycles. The number of anilines is 2. The van der Waals surface area contributed by atoms with Gasteiger partial charge in [0, 0.05) is 37.3 Å². The zero-order valence-corrected chi connectivity index (χ0v) is 18.4. The maximum atomic E-state index is 13.6. The number of halogens is 1. The lowest BCUT2D eigenvalue weighted by Crippen LogP contribution is -2.24. The Balaban J connectivity index is 1.44. The van der Waals surface area contributed by atoms with Crippen molar-refractivity contribution in [1.29, 1.82) is 0 Å². The number of fused-ring (bicyclic) bond motifs is 1. The van der Waals surface area contributed by atoms with Crippen LogP contribution in [0.4, 0.5) is 15.9 Å². The lowest BCUT2D eigenvalue weighted by Gasteiger charge is -2.22. The monoisotopic (exact) mass is 441 g/mol. The van der Waals surface area contributed by atoms with Gasteiger partial charge < -0.3 is 9.80 Å². The summed E-state index contributed by atoms with van der Waals surface area (Å²) in [5, 5.41) is 4.83. The Bertz CT molecular complexity index is 1340. The summed E-state index contributed by atoms with van der Waals surface area (Å²) in [5.41, 5.74) is 5.23. The van der Waals surface area contributed by atoms with Crippen LogP contribution >= 0.6 is 0 Å². The van der Waals surface area contributed by atoms with E-state index in [0.717, 1.165) is 46.1 Å². The highest BCUT2D eigenvalue weighted by molar-refractivity contribution is 5.98. The van der Waals surface area contributed by atoms with Crippen LogP contribution in [0.3, 0.4) is 0 Å². The van der Waals surface area contributed by atoms with Crippen molar-refractivity contribution in [3.8, 4) is 11.3 Å². The molecule has 4 aromatic rings. The van der Waals surface area contributed by atoms with Crippen LogP contribution in [-0.2, 0) is 11.3 Å². The van der Waals surface area contributed by atoms with E-state index < -0.39 is 0 Å². The third kappa shape index (κ3) is 4.09. The first-order chi connectivity index (χ1) is 16.0. The summed E-state index contributed by atoms with van der Waals surface area (Å²) in [7, 11) is 0. The third-order valence-corrected chi connectivity index (χ3v) is 5.88. The minimum absolute atomic E-state index is 0.0758. The van der Waals surface area contributed by atoms with Crippen molar-refractivity contribution < 1.29 is 9.18 Å². The number of hydrogen-bond donors (Lipinski definition) is 0. The van der Waals surface area contributed by atoms with Gasteiger partial charge in [-0.3, -0.25) is 4.79 Å². The zero-order chi connectivity index (χ0) is 22.9. The predicted molar refractivity (Wildman–Crippen MR) is 128 cm³/mol. The highest BCUT2D eigenvalue weighted by Crippen LogP contribution is 2.28. The first-order valence-corrected chi connectivity index (χ1v) is 10.9. The third-order valence-electron chi connectivity index (χ3n) is 5.88. The van der Waals surface area contributed by atoms with Crippen molar-refractivity contribution in [2.45, 2.75) is 19.9 Å². The molecule has 0 bridgehead atoms. The van der Waals surface area contributed by atoms with Gasteiger partial charge in [-0.1, -0.05) is 30.8 Å². The van der Waals surface area contributed by atoms with Crippen molar-refractivity contribution >= 4 is 23.1 Å². The molecule has 1 saturated heterocycles. The van der Waals surface area contributed by atoms with E-state index in [1.807, 2.05) is 53.9 Å². The normalized spacial score (nSPS) is 13.8. The van der Waals surface area contributed by atoms with Gasteiger partial charge in [-0.05, 0) is 54.5 Å². The van der Waals surface area contributed by atoms with E-state index in [-0.39, 0.29) is 11.7 Å². The summed E-state index contributed by atoms with van der Waals surface area (Å²) in [6.45, 7) is 7.82. The second-order valence-electron chi connectivity index (χ2n) is 8.20. The summed E-state index contributed by atoms with van der Waals surface area (Å²) in [5.74, 6) is 0.616. The molecule has 0 aliphatic carbocycles. The molecule has 166 valence electrons. The highest BCUT2D eigenvalue weighted by Gasteiger charge is 2.24. The molecule has 0 atom stereocenters. The van der Waals surface area contributed by atoms with Gasteiger partial charge in [-0.25, -0.2) is 13.9 Å². The number of hydrogen-bond acceptors (Lipinski definition) is 4. The minimum Gasteiger partial charge on any atom is -0.351 e. The number of nitrogens with zero attached hydrogens (tertiary/aromatic N) is 5. The molecule has 1 aliphatic rings. The molecular formula is C26H24FN5O. The summed E-state index contributed by atoms with van der Waals surface area (Å²) >= 11 is 0. The van der Waals surface area contributed by atoms with Gasteiger partial charge in [-0.15, -0.1) is 5.10 Å². The van der Waals surface area contributed by atoms with Gasteiger partial charge in [0.05, 0.1) is 11.9 Å². The average molecular weight is 442 g/mol. The smallest absolute Gasteiger partial charge is 0.231 e. The van der Waals surface area contributed by atoms with E-state index in [1.165, 1.54) is 6.07 Å². The molecule has 0 radical (unpaired) electrons. The van der Waals surface area contributed by atoms with E-state index >= 15 is 0 Å². The fourth-order valence-corrected chi connectivity index (χ4v) is 4.16. The lowest BCUT2D eigenvalue weighted by molar-refractivity contribution is -0.116. The van der Waals surface area contributed by atoms with E-state index in [2.05, 4.69) is 16.5 Å². The quantitative estimate of drug-likeness (QED) is 0.401. The maximum Gasteiger partial charge on any atom is 0.231 e. The largest absolute Gasteiger partial charge is 0.351 e. The van der Waals surface area contributed by atoms with Gasteiger partial charge in [-0.2, -0.15) is 0 Å². The summed E-state index contributed by atoms with van der Waals surface area (Å²) in [4.78, 5) is 20.5. The number of aromatic nitrogens is 3. The molecule has 1 aliphatic heterocycles. The highest BCUT2D eigenvalue weighted by atomic mass is 19.1. The molecule has 33 heavy (non-hydrogen) atoms. The van der Waals surface area contributed by atoms with Crippen molar-refractivity contribution in [3.05, 3.63) is 90.4 Å². The van der Waals surface area contributed by atoms with Gasteiger partial charge >= 0.3 is 0 Å². The standard InChI is InChI=1S/C26H24FN5O/c1-3-30(17-19-5-4-6-21(27)14-19)25-12-11-24-28-15-23(32(24)29-25)20-7-9-22(10-8-20)31-16-18(2)13-26(31)33/h4-12,14-15H,2-3,13,16-17H2,1H3. The zero-order valence-electron chi connectivity index (χ0n) is 18.4. The Kier molecular flexibility index (Phi) is 5.38. The molecular weight excluding hydrogens is 417 g/mol. The maximum absolute atomic E-state index is 13.6. The Hall–Kier alpha value is -4.00. The van der Waals surface area contributed by atoms with Crippen molar-refractivity contribution in [2.24, 2.45) is 0 Å². The molecule has 6 nitrogen and oxygen atoms in total. The van der Waals surface area contributed by atoms with E-state index in [4.69, 9.17) is 5.10 Å². The molecule has 5 rings (SSSR count). The first-order valence-electron chi connectivity index (χ1n) is 10.9. The molecule has 2 aromatic heterocycles. The number of carbonyl (C=O) groups excluding carboxylic acids is 1. The van der Waals surface area contributed by atoms with Crippen LogP contribution in [0.1, 0.15) is 18.9 Å². The molecule has 0 N–H and O–H groups in total. The Labute approximate surface area is 191 Å². The van der Waals surface area contributed by atoms with Crippen molar-refractivity contribution in [2.75, 3.05) is 22.9 Å². The van der Waals surface area contributed by atoms with Crippen LogP contribution in [0.2, 0.25) is 0 Å². The second kappa shape index (κ2) is 8.50. The second-order valence-corrected chi connectivity index (χ2v) is 8.20. The van der Waals surface area contributed by atoms with Crippen molar-refractivity contribution in [3.63, 3.8) is 0 Å². The summed E-state index contributed by atoms with van der Waals surface area (Å²) in [6.07, 6.45) is 2.21. The van der Waals surface area contributed by atoms with Gasteiger partial charge in [0.25, 0.3) is 0 Å². The van der Waals surface area contributed by atoms with Crippen LogP contribution in [-0.4, -0.2) is 33.6 Å². The van der Waals surface area contributed by atoms with Gasteiger partial charge in [0.15, 0.2) is 5.65 Å². The van der Waals surface area contributed by atoms with E-state index in [9.17, 15) is 9.18 Å². The number of carbonyl (C=O) groups is 1. The van der Waals surface area contributed by atoms with Crippen LogP contribution in [0.25, 0.3) is 16.9 Å². The van der Waals surface area contributed by atoms with Crippen molar-refractivity contribution in [1.82, 2.24) is 14.6 Å². The Morgan fingerprint density at radius 3 is 2.64 bits per heavy atom. The molecule has 0 spiro atoms. The summed E-state index contributed by atoms with van der Waals surface area (Å²) in [6, 6.07) is 18.3.